The summed E-state index contributed by atoms with van der Waals surface area (Å²) < 4.78 is 0. The van der Waals surface area contributed by atoms with Gasteiger partial charge in [-0.15, -0.1) is 11.3 Å². The molecular weight excluding hydrogens is 310 g/mol. The molecular formula is C22H21NS. The molecule has 1 heterocycles. The van der Waals surface area contributed by atoms with Gasteiger partial charge >= 0.3 is 0 Å². The molecule has 0 aliphatic carbocycles. The van der Waals surface area contributed by atoms with Gasteiger partial charge < -0.3 is 5.32 Å². The SMILES string of the molecule is C/C=C\C=C/Cc1sccc1Nc1ccccc1-c1ccccc1. The lowest BCUT2D eigenvalue weighted by atomic mass is 10.0. The van der Waals surface area contributed by atoms with Crippen LogP contribution in [0.15, 0.2) is 90.3 Å². The van der Waals surface area contributed by atoms with Gasteiger partial charge in [0.25, 0.3) is 0 Å². The van der Waals surface area contributed by atoms with Gasteiger partial charge in [-0.25, -0.2) is 0 Å². The van der Waals surface area contributed by atoms with Crippen LogP contribution >= 0.6 is 11.3 Å². The first-order chi connectivity index (χ1) is 11.9. The van der Waals surface area contributed by atoms with E-state index in [0.29, 0.717) is 0 Å². The van der Waals surface area contributed by atoms with E-state index in [-0.39, 0.29) is 0 Å². The molecule has 0 saturated carbocycles. The molecule has 0 saturated heterocycles. The maximum absolute atomic E-state index is 3.62. The fourth-order valence-electron chi connectivity index (χ4n) is 2.58. The van der Waals surface area contributed by atoms with Crippen molar-refractivity contribution in [2.24, 2.45) is 0 Å². The van der Waals surface area contributed by atoms with Crippen molar-refractivity contribution in [3.63, 3.8) is 0 Å². The summed E-state index contributed by atoms with van der Waals surface area (Å²) in [5.41, 5.74) is 4.78. The van der Waals surface area contributed by atoms with Gasteiger partial charge in [-0.05, 0) is 30.0 Å². The Bertz CT molecular complexity index is 828. The van der Waals surface area contributed by atoms with E-state index in [9.17, 15) is 0 Å². The summed E-state index contributed by atoms with van der Waals surface area (Å²) in [5.74, 6) is 0. The molecule has 0 spiro atoms. The summed E-state index contributed by atoms with van der Waals surface area (Å²) in [6.07, 6.45) is 9.34. The van der Waals surface area contributed by atoms with Crippen molar-refractivity contribution in [2.75, 3.05) is 5.32 Å². The lowest BCUT2D eigenvalue weighted by Gasteiger charge is -2.12. The van der Waals surface area contributed by atoms with Crippen LogP contribution in [0, 0.1) is 0 Å². The minimum absolute atomic E-state index is 0.942. The highest BCUT2D eigenvalue weighted by Gasteiger charge is 2.07. The highest BCUT2D eigenvalue weighted by molar-refractivity contribution is 7.10. The molecule has 0 fully saturated rings. The maximum Gasteiger partial charge on any atom is 0.0528 e. The largest absolute Gasteiger partial charge is 0.354 e. The standard InChI is InChI=1S/C22H21NS/c1-2-3-4-8-15-22-21(16-17-24-22)23-20-14-10-9-13-19(20)18-11-6-5-7-12-18/h2-14,16-17,23H,15H2,1H3/b3-2-,8-4-. The van der Waals surface area contributed by atoms with Crippen molar-refractivity contribution in [2.45, 2.75) is 13.3 Å². The molecule has 0 atom stereocenters. The van der Waals surface area contributed by atoms with Crippen LogP contribution in [-0.4, -0.2) is 0 Å². The average molecular weight is 331 g/mol. The number of benzene rings is 2. The van der Waals surface area contributed by atoms with Crippen molar-refractivity contribution in [1.82, 2.24) is 0 Å². The first kappa shape index (κ1) is 16.3. The van der Waals surface area contributed by atoms with Crippen LogP contribution in [0.4, 0.5) is 11.4 Å². The molecule has 0 radical (unpaired) electrons. The number of hydrogen-bond donors (Lipinski definition) is 1. The van der Waals surface area contributed by atoms with E-state index in [4.69, 9.17) is 0 Å². The number of nitrogens with one attached hydrogen (secondary N) is 1. The van der Waals surface area contributed by atoms with Crippen molar-refractivity contribution in [3.05, 3.63) is 95.2 Å². The van der Waals surface area contributed by atoms with Crippen LogP contribution in [0.3, 0.4) is 0 Å². The van der Waals surface area contributed by atoms with Crippen molar-refractivity contribution in [1.29, 1.82) is 0 Å². The average Bonchev–Trinajstić information content (AvgIpc) is 3.07. The molecule has 2 heteroatoms. The molecule has 2 aromatic carbocycles. The Morgan fingerprint density at radius 3 is 2.50 bits per heavy atom. The lowest BCUT2D eigenvalue weighted by molar-refractivity contribution is 1.33. The van der Waals surface area contributed by atoms with Crippen molar-refractivity contribution >= 4 is 22.7 Å². The number of allylic oxidation sites excluding steroid dienone is 4. The van der Waals surface area contributed by atoms with Gasteiger partial charge in [0, 0.05) is 22.5 Å². The molecule has 0 bridgehead atoms. The molecule has 0 unspecified atom stereocenters. The number of anilines is 2. The Labute approximate surface area is 148 Å². The first-order valence-electron chi connectivity index (χ1n) is 8.14. The third-order valence-corrected chi connectivity index (χ3v) is 4.71. The zero-order chi connectivity index (χ0) is 16.6. The van der Waals surface area contributed by atoms with Crippen LogP contribution < -0.4 is 5.32 Å². The second kappa shape index (κ2) is 8.32. The number of thiophene rings is 1. The molecule has 1 nitrogen and oxygen atoms in total. The number of hydrogen-bond acceptors (Lipinski definition) is 2. The summed E-state index contributed by atoms with van der Waals surface area (Å²) >= 11 is 1.79. The molecule has 0 aliphatic rings. The summed E-state index contributed by atoms with van der Waals surface area (Å²) in [5, 5.41) is 5.76. The predicted molar refractivity (Wildman–Crippen MR) is 107 cm³/mol. The van der Waals surface area contributed by atoms with E-state index in [1.54, 1.807) is 11.3 Å². The van der Waals surface area contributed by atoms with Crippen LogP contribution in [0.5, 0.6) is 0 Å². The smallest absolute Gasteiger partial charge is 0.0528 e. The second-order valence-electron chi connectivity index (χ2n) is 5.45. The topological polar surface area (TPSA) is 12.0 Å². The summed E-state index contributed by atoms with van der Waals surface area (Å²) in [6.45, 7) is 2.03. The van der Waals surface area contributed by atoms with E-state index in [1.807, 2.05) is 19.1 Å². The van der Waals surface area contributed by atoms with Gasteiger partial charge in [0.1, 0.15) is 0 Å². The Balaban J connectivity index is 1.84. The van der Waals surface area contributed by atoms with Gasteiger partial charge in [-0.2, -0.15) is 0 Å². The quantitative estimate of drug-likeness (QED) is 0.488. The fourth-order valence-corrected chi connectivity index (χ4v) is 3.39. The molecule has 1 aromatic heterocycles. The second-order valence-corrected chi connectivity index (χ2v) is 6.45. The Hall–Kier alpha value is -2.58. The Morgan fingerprint density at radius 2 is 1.67 bits per heavy atom. The van der Waals surface area contributed by atoms with Crippen LogP contribution in [0.2, 0.25) is 0 Å². The van der Waals surface area contributed by atoms with Crippen LogP contribution in [0.1, 0.15) is 11.8 Å². The van der Waals surface area contributed by atoms with Gasteiger partial charge in [-0.1, -0.05) is 72.8 Å². The predicted octanol–water partition coefficient (Wildman–Crippen LogP) is 6.83. The van der Waals surface area contributed by atoms with E-state index in [2.05, 4.69) is 83.5 Å². The molecule has 3 aromatic rings. The van der Waals surface area contributed by atoms with E-state index in [1.165, 1.54) is 21.7 Å². The van der Waals surface area contributed by atoms with Gasteiger partial charge in [0.15, 0.2) is 0 Å². The molecule has 1 N–H and O–H groups in total. The third kappa shape index (κ3) is 4.03. The third-order valence-electron chi connectivity index (χ3n) is 3.77. The van der Waals surface area contributed by atoms with E-state index in [0.717, 1.165) is 12.1 Å². The number of para-hydroxylation sites is 1. The zero-order valence-electron chi connectivity index (χ0n) is 13.8. The molecule has 120 valence electrons. The molecule has 0 amide bonds. The van der Waals surface area contributed by atoms with Crippen LogP contribution in [-0.2, 0) is 6.42 Å². The van der Waals surface area contributed by atoms with Crippen LogP contribution in [0.25, 0.3) is 11.1 Å². The monoisotopic (exact) mass is 331 g/mol. The normalized spacial score (nSPS) is 11.4. The summed E-state index contributed by atoms with van der Waals surface area (Å²) in [6, 6.07) is 21.1. The minimum atomic E-state index is 0.942. The van der Waals surface area contributed by atoms with Crippen molar-refractivity contribution < 1.29 is 0 Å². The Kier molecular flexibility index (Phi) is 5.65. The summed E-state index contributed by atoms with van der Waals surface area (Å²) in [4.78, 5) is 1.35. The van der Waals surface area contributed by atoms with Gasteiger partial charge in [0.2, 0.25) is 0 Å². The fraction of sp³-hybridized carbons (Fsp3) is 0.0909. The molecule has 3 rings (SSSR count). The molecule has 24 heavy (non-hydrogen) atoms. The maximum atomic E-state index is 3.62. The van der Waals surface area contributed by atoms with Gasteiger partial charge in [0.05, 0.1) is 5.69 Å². The van der Waals surface area contributed by atoms with E-state index < -0.39 is 0 Å². The lowest BCUT2D eigenvalue weighted by Crippen LogP contribution is -1.94. The minimum Gasteiger partial charge on any atom is -0.354 e. The highest BCUT2D eigenvalue weighted by atomic mass is 32.1. The number of rotatable bonds is 6. The Morgan fingerprint density at radius 1 is 0.875 bits per heavy atom. The van der Waals surface area contributed by atoms with Crippen molar-refractivity contribution in [3.8, 4) is 11.1 Å². The highest BCUT2D eigenvalue weighted by Crippen LogP contribution is 2.33. The van der Waals surface area contributed by atoms with E-state index >= 15 is 0 Å². The van der Waals surface area contributed by atoms with Gasteiger partial charge in [-0.3, -0.25) is 0 Å². The molecule has 0 aliphatic heterocycles. The first-order valence-corrected chi connectivity index (χ1v) is 9.02. The summed E-state index contributed by atoms with van der Waals surface area (Å²) in [7, 11) is 0. The zero-order valence-corrected chi connectivity index (χ0v) is 14.6.